The Morgan fingerprint density at radius 2 is 2.12 bits per heavy atom. The maximum atomic E-state index is 11.8. The molecule has 0 radical (unpaired) electrons. The van der Waals surface area contributed by atoms with Gasteiger partial charge in [-0.1, -0.05) is 13.8 Å². The van der Waals surface area contributed by atoms with E-state index < -0.39 is 15.1 Å². The third-order valence-corrected chi connectivity index (χ3v) is 4.88. The second-order valence-corrected chi connectivity index (χ2v) is 7.06. The molecule has 1 saturated heterocycles. The largest absolute Gasteiger partial charge is 0.340 e. The highest BCUT2D eigenvalue weighted by Gasteiger charge is 2.33. The van der Waals surface area contributed by atoms with Crippen molar-refractivity contribution in [3.05, 3.63) is 0 Å². The molecule has 0 bridgehead atoms. The molecule has 0 aromatic carbocycles. The van der Waals surface area contributed by atoms with Crippen molar-refractivity contribution in [2.75, 3.05) is 25.4 Å². The average molecular weight is 248 g/mol. The minimum absolute atomic E-state index is 0.0309. The van der Waals surface area contributed by atoms with Crippen molar-refractivity contribution in [1.29, 1.82) is 0 Å². The summed E-state index contributed by atoms with van der Waals surface area (Å²) in [5, 5.41) is -0.586. The molecular formula is C10H20N2O3S. The molecule has 1 rings (SSSR count). The second kappa shape index (κ2) is 5.14. The smallest absolute Gasteiger partial charge is 0.222 e. The predicted octanol–water partition coefficient (Wildman–Crippen LogP) is -0.383. The average Bonchev–Trinajstić information content (AvgIpc) is 2.16. The van der Waals surface area contributed by atoms with E-state index in [0.717, 1.165) is 0 Å². The highest BCUT2D eigenvalue weighted by molar-refractivity contribution is 7.92. The highest BCUT2D eigenvalue weighted by atomic mass is 32.2. The van der Waals surface area contributed by atoms with Crippen molar-refractivity contribution in [3.63, 3.8) is 0 Å². The van der Waals surface area contributed by atoms with Crippen molar-refractivity contribution >= 4 is 15.7 Å². The molecule has 0 aliphatic carbocycles. The minimum atomic E-state index is -3.09. The lowest BCUT2D eigenvalue weighted by Crippen LogP contribution is -2.51. The first-order chi connectivity index (χ1) is 7.36. The van der Waals surface area contributed by atoms with E-state index in [2.05, 4.69) is 0 Å². The molecule has 1 unspecified atom stereocenters. The number of rotatable bonds is 3. The normalized spacial score (nSPS) is 24.8. The highest BCUT2D eigenvalue weighted by Crippen LogP contribution is 2.14. The number of nitrogens with two attached hydrogens (primary N) is 1. The Labute approximate surface area is 96.9 Å². The van der Waals surface area contributed by atoms with E-state index in [-0.39, 0.29) is 24.7 Å². The lowest BCUT2D eigenvalue weighted by atomic mass is 10.1. The number of carbonyl (C=O) groups is 1. The lowest BCUT2D eigenvalue weighted by Gasteiger charge is -2.32. The van der Waals surface area contributed by atoms with Gasteiger partial charge in [-0.3, -0.25) is 4.79 Å². The number of hydrogen-bond donors (Lipinski definition) is 1. The fraction of sp³-hybridized carbons (Fsp3) is 0.900. The van der Waals surface area contributed by atoms with Gasteiger partial charge in [0, 0.05) is 26.1 Å². The summed E-state index contributed by atoms with van der Waals surface area (Å²) < 4.78 is 23.2. The summed E-state index contributed by atoms with van der Waals surface area (Å²) in [6.45, 7) is 4.60. The van der Waals surface area contributed by atoms with Crippen molar-refractivity contribution in [1.82, 2.24) is 4.90 Å². The molecule has 0 aromatic heterocycles. The van der Waals surface area contributed by atoms with Crippen LogP contribution in [0, 0.1) is 5.92 Å². The number of nitrogens with zero attached hydrogens (tertiary/aromatic N) is 1. The van der Waals surface area contributed by atoms with E-state index in [4.69, 9.17) is 5.73 Å². The van der Waals surface area contributed by atoms with Crippen LogP contribution in [0.1, 0.15) is 20.3 Å². The minimum Gasteiger partial charge on any atom is -0.340 e. The van der Waals surface area contributed by atoms with Gasteiger partial charge in [0.05, 0.1) is 11.0 Å². The summed E-state index contributed by atoms with van der Waals surface area (Å²) in [5.74, 6) is 0.365. The molecule has 16 heavy (non-hydrogen) atoms. The quantitative estimate of drug-likeness (QED) is 0.738. The molecule has 2 N–H and O–H groups in total. The molecule has 1 aliphatic heterocycles. The zero-order valence-corrected chi connectivity index (χ0v) is 10.7. The summed E-state index contributed by atoms with van der Waals surface area (Å²) in [7, 11) is -3.09. The summed E-state index contributed by atoms with van der Waals surface area (Å²) in [4.78, 5) is 13.4. The van der Waals surface area contributed by atoms with Gasteiger partial charge in [0.2, 0.25) is 5.91 Å². The van der Waals surface area contributed by atoms with Gasteiger partial charge in [0.25, 0.3) is 0 Å². The Hall–Kier alpha value is -0.620. The van der Waals surface area contributed by atoms with Gasteiger partial charge >= 0.3 is 0 Å². The lowest BCUT2D eigenvalue weighted by molar-refractivity contribution is -0.131. The first-order valence-electron chi connectivity index (χ1n) is 5.56. The van der Waals surface area contributed by atoms with Crippen LogP contribution in [0.5, 0.6) is 0 Å². The fourth-order valence-electron chi connectivity index (χ4n) is 1.78. The van der Waals surface area contributed by atoms with Crippen LogP contribution >= 0.6 is 0 Å². The van der Waals surface area contributed by atoms with Crippen LogP contribution in [0.25, 0.3) is 0 Å². The second-order valence-electron chi connectivity index (χ2n) is 4.66. The zero-order valence-electron chi connectivity index (χ0n) is 9.85. The van der Waals surface area contributed by atoms with Gasteiger partial charge in [-0.15, -0.1) is 0 Å². The van der Waals surface area contributed by atoms with Gasteiger partial charge in [0.15, 0.2) is 9.84 Å². The molecule has 1 fully saturated rings. The van der Waals surface area contributed by atoms with E-state index in [1.807, 2.05) is 13.8 Å². The van der Waals surface area contributed by atoms with Gasteiger partial charge < -0.3 is 10.6 Å². The molecule has 1 aliphatic rings. The van der Waals surface area contributed by atoms with Crippen LogP contribution in [-0.4, -0.2) is 49.9 Å². The third kappa shape index (κ3) is 3.18. The Balaban J connectivity index is 2.64. The predicted molar refractivity (Wildman–Crippen MR) is 62.7 cm³/mol. The van der Waals surface area contributed by atoms with Crippen molar-refractivity contribution in [3.8, 4) is 0 Å². The fourth-order valence-corrected chi connectivity index (χ4v) is 3.29. The van der Waals surface area contributed by atoms with Crippen LogP contribution in [0.15, 0.2) is 0 Å². The molecule has 0 aromatic rings. The van der Waals surface area contributed by atoms with E-state index in [1.54, 1.807) is 4.90 Å². The molecule has 1 atom stereocenters. The Bertz CT molecular complexity index is 351. The van der Waals surface area contributed by atoms with E-state index in [9.17, 15) is 13.2 Å². The van der Waals surface area contributed by atoms with Gasteiger partial charge in [-0.05, 0) is 5.92 Å². The monoisotopic (exact) mass is 248 g/mol. The van der Waals surface area contributed by atoms with Crippen LogP contribution in [-0.2, 0) is 14.6 Å². The summed E-state index contributed by atoms with van der Waals surface area (Å²) in [5.41, 5.74) is 5.43. The standard InChI is InChI=1S/C10H20N2O3S/c1-8(2)5-10(13)12-3-4-16(14,15)9(6-11)7-12/h8-9H,3-7,11H2,1-2H3. The van der Waals surface area contributed by atoms with Crippen LogP contribution in [0.4, 0.5) is 0 Å². The maximum Gasteiger partial charge on any atom is 0.222 e. The SMILES string of the molecule is CC(C)CC(=O)N1CCS(=O)(=O)C(CN)C1. The van der Waals surface area contributed by atoms with E-state index in [1.165, 1.54) is 0 Å². The molecular weight excluding hydrogens is 228 g/mol. The van der Waals surface area contributed by atoms with Crippen molar-refractivity contribution in [2.24, 2.45) is 11.7 Å². The Morgan fingerprint density at radius 1 is 1.50 bits per heavy atom. The molecule has 5 nitrogen and oxygen atoms in total. The van der Waals surface area contributed by atoms with Gasteiger partial charge in [-0.2, -0.15) is 0 Å². The van der Waals surface area contributed by atoms with Gasteiger partial charge in [-0.25, -0.2) is 8.42 Å². The summed E-state index contributed by atoms with van der Waals surface area (Å²) >= 11 is 0. The number of carbonyl (C=O) groups excluding carboxylic acids is 1. The Kier molecular flexibility index (Phi) is 4.32. The summed E-state index contributed by atoms with van der Waals surface area (Å²) in [6, 6.07) is 0. The third-order valence-electron chi connectivity index (χ3n) is 2.78. The molecule has 94 valence electrons. The molecule has 6 heteroatoms. The van der Waals surface area contributed by atoms with Crippen LogP contribution in [0.3, 0.4) is 0 Å². The number of sulfone groups is 1. The number of hydrogen-bond acceptors (Lipinski definition) is 4. The van der Waals surface area contributed by atoms with Gasteiger partial charge in [0.1, 0.15) is 0 Å². The maximum absolute atomic E-state index is 11.8. The van der Waals surface area contributed by atoms with Crippen LogP contribution < -0.4 is 5.73 Å². The van der Waals surface area contributed by atoms with E-state index in [0.29, 0.717) is 18.9 Å². The topological polar surface area (TPSA) is 80.5 Å². The van der Waals surface area contributed by atoms with Crippen LogP contribution in [0.2, 0.25) is 0 Å². The zero-order chi connectivity index (χ0) is 12.3. The summed E-state index contributed by atoms with van der Waals surface area (Å²) in [6.07, 6.45) is 0.470. The number of amides is 1. The first-order valence-corrected chi connectivity index (χ1v) is 7.27. The molecule has 1 amide bonds. The Morgan fingerprint density at radius 3 is 2.62 bits per heavy atom. The van der Waals surface area contributed by atoms with E-state index >= 15 is 0 Å². The molecule has 0 spiro atoms. The van der Waals surface area contributed by atoms with Crippen molar-refractivity contribution in [2.45, 2.75) is 25.5 Å². The molecule has 1 heterocycles. The first kappa shape index (κ1) is 13.4. The van der Waals surface area contributed by atoms with Crippen molar-refractivity contribution < 1.29 is 13.2 Å². The molecule has 0 saturated carbocycles.